The Morgan fingerprint density at radius 2 is 2.00 bits per heavy atom. The maximum Gasteiger partial charge on any atom is 0.0900 e. The van der Waals surface area contributed by atoms with Crippen molar-refractivity contribution in [2.75, 3.05) is 19.6 Å². The van der Waals surface area contributed by atoms with Gasteiger partial charge in [-0.25, -0.2) is 4.98 Å². The smallest absolute Gasteiger partial charge is 0.0900 e. The highest BCUT2D eigenvalue weighted by molar-refractivity contribution is 7.11. The Morgan fingerprint density at radius 3 is 2.65 bits per heavy atom. The van der Waals surface area contributed by atoms with Crippen molar-refractivity contribution in [2.24, 2.45) is 0 Å². The fourth-order valence-electron chi connectivity index (χ4n) is 4.22. The minimum absolute atomic E-state index is 0.389. The highest BCUT2D eigenvalue weighted by Crippen LogP contribution is 2.40. The van der Waals surface area contributed by atoms with E-state index in [4.69, 9.17) is 4.98 Å². The number of nitrogens with zero attached hydrogens (tertiary/aromatic N) is 2. The van der Waals surface area contributed by atoms with Crippen LogP contribution in [0.1, 0.15) is 60.6 Å². The van der Waals surface area contributed by atoms with Crippen molar-refractivity contribution >= 4 is 11.3 Å². The zero-order chi connectivity index (χ0) is 14.2. The quantitative estimate of drug-likeness (QED) is 0.905. The van der Waals surface area contributed by atoms with Crippen molar-refractivity contribution in [3.63, 3.8) is 0 Å². The molecule has 1 atom stereocenters. The predicted octanol–water partition coefficient (Wildman–Crippen LogP) is 3.43. The van der Waals surface area contributed by atoms with E-state index in [0.29, 0.717) is 11.6 Å². The van der Waals surface area contributed by atoms with Gasteiger partial charge in [0.15, 0.2) is 0 Å². The average Bonchev–Trinajstić information content (AvgIpc) is 2.78. The Kier molecular flexibility index (Phi) is 4.16. The van der Waals surface area contributed by atoms with Crippen LogP contribution in [0.25, 0.3) is 0 Å². The summed E-state index contributed by atoms with van der Waals surface area (Å²) in [5.74, 6) is 0. The van der Waals surface area contributed by atoms with Crippen molar-refractivity contribution < 1.29 is 0 Å². The van der Waals surface area contributed by atoms with E-state index in [0.717, 1.165) is 13.1 Å². The molecule has 112 valence electrons. The average molecular weight is 293 g/mol. The largest absolute Gasteiger partial charge is 0.314 e. The fourth-order valence-corrected chi connectivity index (χ4v) is 5.13. The third-order valence-electron chi connectivity index (χ3n) is 5.18. The number of hydrogen-bond acceptors (Lipinski definition) is 4. The molecule has 3 nitrogen and oxygen atoms in total. The molecule has 3 rings (SSSR count). The molecule has 0 amide bonds. The molecule has 0 bridgehead atoms. The lowest BCUT2D eigenvalue weighted by atomic mass is 9.78. The maximum atomic E-state index is 4.82. The van der Waals surface area contributed by atoms with Crippen LogP contribution in [-0.2, 0) is 0 Å². The van der Waals surface area contributed by atoms with Crippen LogP contribution in [0.4, 0.5) is 0 Å². The van der Waals surface area contributed by atoms with Crippen LogP contribution in [-0.4, -0.2) is 35.1 Å². The number of rotatable bonds is 2. The van der Waals surface area contributed by atoms with Gasteiger partial charge in [0.05, 0.1) is 16.7 Å². The zero-order valence-corrected chi connectivity index (χ0v) is 13.9. The number of hydrogen-bond donors (Lipinski definition) is 1. The molecule has 1 unspecified atom stereocenters. The van der Waals surface area contributed by atoms with E-state index in [1.807, 2.05) is 11.3 Å². The summed E-state index contributed by atoms with van der Waals surface area (Å²) in [6, 6.07) is 0.458. The molecule has 2 fully saturated rings. The molecule has 1 aromatic heterocycles. The summed E-state index contributed by atoms with van der Waals surface area (Å²) >= 11 is 1.84. The van der Waals surface area contributed by atoms with Gasteiger partial charge in [0.1, 0.15) is 0 Å². The van der Waals surface area contributed by atoms with E-state index in [-0.39, 0.29) is 0 Å². The molecule has 2 heterocycles. The molecular weight excluding hydrogens is 266 g/mol. The van der Waals surface area contributed by atoms with Crippen LogP contribution in [0.3, 0.4) is 0 Å². The van der Waals surface area contributed by atoms with Gasteiger partial charge in [-0.15, -0.1) is 11.3 Å². The summed E-state index contributed by atoms with van der Waals surface area (Å²) in [4.78, 5) is 8.99. The molecule has 20 heavy (non-hydrogen) atoms. The first-order chi connectivity index (χ1) is 9.62. The summed E-state index contributed by atoms with van der Waals surface area (Å²) in [6.07, 6.45) is 6.90. The molecule has 1 aliphatic heterocycles. The fraction of sp³-hybridized carbons (Fsp3) is 0.812. The Morgan fingerprint density at radius 1 is 1.25 bits per heavy atom. The van der Waals surface area contributed by atoms with Crippen molar-refractivity contribution in [2.45, 2.75) is 64.5 Å². The zero-order valence-electron chi connectivity index (χ0n) is 13.0. The lowest BCUT2D eigenvalue weighted by molar-refractivity contribution is -0.00402. The van der Waals surface area contributed by atoms with Crippen LogP contribution < -0.4 is 5.32 Å². The second-order valence-electron chi connectivity index (χ2n) is 6.51. The molecular formula is C16H27N3S. The lowest BCUT2D eigenvalue weighted by Gasteiger charge is -2.52. The van der Waals surface area contributed by atoms with E-state index in [9.17, 15) is 0 Å². The summed E-state index contributed by atoms with van der Waals surface area (Å²) in [7, 11) is 0. The summed E-state index contributed by atoms with van der Waals surface area (Å²) in [5.41, 5.74) is 1.71. The minimum Gasteiger partial charge on any atom is -0.314 e. The van der Waals surface area contributed by atoms with E-state index >= 15 is 0 Å². The van der Waals surface area contributed by atoms with Crippen molar-refractivity contribution in [1.82, 2.24) is 15.2 Å². The molecule has 0 aromatic carbocycles. The van der Waals surface area contributed by atoms with Crippen molar-refractivity contribution in [3.8, 4) is 0 Å². The Bertz CT molecular complexity index is 454. The van der Waals surface area contributed by atoms with Crippen molar-refractivity contribution in [3.05, 3.63) is 15.6 Å². The molecule has 0 radical (unpaired) electrons. The number of thiazole rings is 1. The van der Waals surface area contributed by atoms with Gasteiger partial charge in [-0.1, -0.05) is 19.3 Å². The van der Waals surface area contributed by atoms with Gasteiger partial charge in [-0.05, 0) is 33.6 Å². The minimum atomic E-state index is 0.389. The van der Waals surface area contributed by atoms with Gasteiger partial charge < -0.3 is 5.32 Å². The monoisotopic (exact) mass is 293 g/mol. The van der Waals surface area contributed by atoms with E-state index in [2.05, 4.69) is 31.0 Å². The third kappa shape index (κ3) is 2.53. The van der Waals surface area contributed by atoms with Crippen LogP contribution >= 0.6 is 11.3 Å². The van der Waals surface area contributed by atoms with Gasteiger partial charge in [-0.2, -0.15) is 0 Å². The second-order valence-corrected chi connectivity index (χ2v) is 7.91. The second kappa shape index (κ2) is 5.74. The number of aryl methyl sites for hydroxylation is 2. The van der Waals surface area contributed by atoms with E-state index < -0.39 is 0 Å². The highest BCUT2D eigenvalue weighted by atomic mass is 32.1. The van der Waals surface area contributed by atoms with Crippen LogP contribution in [0.2, 0.25) is 0 Å². The molecule has 1 saturated heterocycles. The number of aromatic nitrogens is 1. The number of nitrogens with one attached hydrogen (secondary N) is 1. The van der Waals surface area contributed by atoms with Crippen molar-refractivity contribution in [1.29, 1.82) is 0 Å². The molecule has 4 heteroatoms. The predicted molar refractivity (Wildman–Crippen MR) is 85.4 cm³/mol. The van der Waals surface area contributed by atoms with Gasteiger partial charge in [0.2, 0.25) is 0 Å². The molecule has 1 N–H and O–H groups in total. The molecule has 2 aliphatic rings. The maximum absolute atomic E-state index is 4.82. The first kappa shape index (κ1) is 14.5. The Balaban J connectivity index is 1.87. The third-order valence-corrected chi connectivity index (χ3v) is 6.08. The van der Waals surface area contributed by atoms with Gasteiger partial charge in [-0.3, -0.25) is 4.90 Å². The van der Waals surface area contributed by atoms with Crippen LogP contribution in [0.15, 0.2) is 0 Å². The van der Waals surface area contributed by atoms with Gasteiger partial charge in [0, 0.05) is 30.1 Å². The highest BCUT2D eigenvalue weighted by Gasteiger charge is 2.42. The van der Waals surface area contributed by atoms with E-state index in [1.165, 1.54) is 54.2 Å². The Labute approximate surface area is 126 Å². The molecule has 1 aromatic rings. The molecule has 1 spiro atoms. The first-order valence-corrected chi connectivity index (χ1v) is 8.85. The summed E-state index contributed by atoms with van der Waals surface area (Å²) < 4.78 is 0. The van der Waals surface area contributed by atoms with Crippen LogP contribution in [0, 0.1) is 13.8 Å². The first-order valence-electron chi connectivity index (χ1n) is 8.04. The Hall–Kier alpha value is -0.450. The summed E-state index contributed by atoms with van der Waals surface area (Å²) in [6.45, 7) is 10.2. The SMILES string of the molecule is Cc1nc(C(C)N2CCNCC23CCCCC3)c(C)s1. The normalized spacial score (nSPS) is 24.9. The molecule has 1 aliphatic carbocycles. The van der Waals surface area contributed by atoms with E-state index in [1.54, 1.807) is 0 Å². The molecule has 1 saturated carbocycles. The van der Waals surface area contributed by atoms with Crippen LogP contribution in [0.5, 0.6) is 0 Å². The standard InChI is InChI=1S/C16H27N3S/c1-12(15-13(2)20-14(3)18-15)19-10-9-17-11-16(19)7-5-4-6-8-16/h12,17H,4-11H2,1-3H3. The van der Waals surface area contributed by atoms with Gasteiger partial charge >= 0.3 is 0 Å². The van der Waals surface area contributed by atoms with Gasteiger partial charge in [0.25, 0.3) is 0 Å². The summed E-state index contributed by atoms with van der Waals surface area (Å²) in [5, 5.41) is 4.85. The lowest BCUT2D eigenvalue weighted by Crippen LogP contribution is -2.62. The topological polar surface area (TPSA) is 28.2 Å². The number of piperazine rings is 1.